The van der Waals surface area contributed by atoms with Crippen molar-refractivity contribution in [3.8, 4) is 0 Å². The maximum Gasteiger partial charge on any atom is 0.410 e. The molecule has 138 valence electrons. The fourth-order valence-electron chi connectivity index (χ4n) is 3.46. The molecule has 0 aromatic heterocycles. The second-order valence-electron chi connectivity index (χ2n) is 7.11. The monoisotopic (exact) mass is 347 g/mol. The summed E-state index contributed by atoms with van der Waals surface area (Å²) in [4.78, 5) is 16.4. The molecule has 25 heavy (non-hydrogen) atoms. The quantitative estimate of drug-likeness (QED) is 0.879. The van der Waals surface area contributed by atoms with Crippen molar-refractivity contribution >= 4 is 6.09 Å². The fourth-order valence-corrected chi connectivity index (χ4v) is 3.46. The first kappa shape index (κ1) is 18.2. The summed E-state index contributed by atoms with van der Waals surface area (Å²) in [5, 5.41) is 3.58. The minimum absolute atomic E-state index is 0.0271. The van der Waals surface area contributed by atoms with Gasteiger partial charge in [-0.25, -0.2) is 4.79 Å². The number of likely N-dealkylation sites (tertiary alicyclic amines) is 1. The molecule has 6 nitrogen and oxygen atoms in total. The average Bonchev–Trinajstić information content (AvgIpc) is 2.97. The van der Waals surface area contributed by atoms with E-state index >= 15 is 0 Å². The Kier molecular flexibility index (Phi) is 6.29. The van der Waals surface area contributed by atoms with E-state index in [4.69, 9.17) is 9.47 Å². The van der Waals surface area contributed by atoms with Crippen LogP contribution in [0, 0.1) is 0 Å². The third-order valence-electron chi connectivity index (χ3n) is 5.12. The van der Waals surface area contributed by atoms with Gasteiger partial charge < -0.3 is 24.6 Å². The van der Waals surface area contributed by atoms with Crippen molar-refractivity contribution in [2.45, 2.75) is 38.1 Å². The number of amides is 1. The summed E-state index contributed by atoms with van der Waals surface area (Å²) in [6.45, 7) is 6.14. The zero-order chi connectivity index (χ0) is 17.6. The van der Waals surface area contributed by atoms with Crippen LogP contribution in [-0.2, 0) is 16.1 Å². The third-order valence-corrected chi connectivity index (χ3v) is 5.12. The van der Waals surface area contributed by atoms with Gasteiger partial charge in [0.05, 0.1) is 19.3 Å². The van der Waals surface area contributed by atoms with Crippen LogP contribution in [0.3, 0.4) is 0 Å². The van der Waals surface area contributed by atoms with E-state index < -0.39 is 0 Å². The van der Waals surface area contributed by atoms with Crippen LogP contribution in [0.5, 0.6) is 0 Å². The van der Waals surface area contributed by atoms with Crippen LogP contribution >= 0.6 is 0 Å². The number of morpholine rings is 1. The second kappa shape index (κ2) is 8.65. The van der Waals surface area contributed by atoms with Crippen molar-refractivity contribution in [3.63, 3.8) is 0 Å². The number of carbonyl (C=O) groups is 1. The van der Waals surface area contributed by atoms with Gasteiger partial charge in [-0.3, -0.25) is 0 Å². The number of hydrogen-bond donors (Lipinski definition) is 1. The molecular weight excluding hydrogens is 318 g/mol. The molecular formula is C19H29N3O3. The van der Waals surface area contributed by atoms with E-state index in [0.717, 1.165) is 25.1 Å². The SMILES string of the molecule is CC1CC(NCC2CN(C(=O)OCc3ccccc3)CCO2)CN1C. The van der Waals surface area contributed by atoms with E-state index in [1.54, 1.807) is 4.90 Å². The van der Waals surface area contributed by atoms with Gasteiger partial charge in [0.2, 0.25) is 0 Å². The highest BCUT2D eigenvalue weighted by Gasteiger charge is 2.29. The molecule has 3 unspecified atom stereocenters. The maximum atomic E-state index is 12.3. The highest BCUT2D eigenvalue weighted by Crippen LogP contribution is 2.15. The van der Waals surface area contributed by atoms with E-state index in [0.29, 0.717) is 38.4 Å². The molecule has 2 fully saturated rings. The number of nitrogens with zero attached hydrogens (tertiary/aromatic N) is 2. The van der Waals surface area contributed by atoms with E-state index in [2.05, 4.69) is 24.2 Å². The molecule has 3 rings (SSSR count). The summed E-state index contributed by atoms with van der Waals surface area (Å²) < 4.78 is 11.2. The second-order valence-corrected chi connectivity index (χ2v) is 7.11. The Morgan fingerprint density at radius 1 is 1.32 bits per heavy atom. The first-order valence-electron chi connectivity index (χ1n) is 9.12. The minimum atomic E-state index is -0.258. The normalized spacial score (nSPS) is 27.4. The lowest BCUT2D eigenvalue weighted by Gasteiger charge is -2.33. The predicted octanol–water partition coefficient (Wildman–Crippen LogP) is 1.71. The fraction of sp³-hybridized carbons (Fsp3) is 0.632. The molecule has 6 heteroatoms. The lowest BCUT2D eigenvalue weighted by atomic mass is 10.2. The molecule has 1 amide bonds. The summed E-state index contributed by atoms with van der Waals surface area (Å²) in [6, 6.07) is 10.9. The third kappa shape index (κ3) is 5.17. The molecule has 0 bridgehead atoms. The molecule has 1 aromatic carbocycles. The number of rotatable bonds is 5. The minimum Gasteiger partial charge on any atom is -0.445 e. The number of nitrogens with one attached hydrogen (secondary N) is 1. The molecule has 1 aromatic rings. The number of ether oxygens (including phenoxy) is 2. The van der Waals surface area contributed by atoms with Gasteiger partial charge in [0.15, 0.2) is 0 Å². The number of hydrogen-bond acceptors (Lipinski definition) is 5. The Morgan fingerprint density at radius 3 is 2.84 bits per heavy atom. The van der Waals surface area contributed by atoms with Crippen LogP contribution in [0.25, 0.3) is 0 Å². The number of benzene rings is 1. The Labute approximate surface area is 150 Å². The van der Waals surface area contributed by atoms with Crippen molar-refractivity contribution < 1.29 is 14.3 Å². The Morgan fingerprint density at radius 2 is 2.12 bits per heavy atom. The first-order chi connectivity index (χ1) is 12.1. The Bertz CT molecular complexity index is 544. The van der Waals surface area contributed by atoms with E-state index in [-0.39, 0.29) is 12.2 Å². The van der Waals surface area contributed by atoms with Crippen molar-refractivity contribution in [2.75, 3.05) is 39.8 Å². The van der Waals surface area contributed by atoms with Crippen LogP contribution in [0.4, 0.5) is 4.79 Å². The van der Waals surface area contributed by atoms with Gasteiger partial charge in [0.1, 0.15) is 6.61 Å². The molecule has 2 aliphatic rings. The summed E-state index contributed by atoms with van der Waals surface area (Å²) in [5.41, 5.74) is 1.00. The summed E-state index contributed by atoms with van der Waals surface area (Å²) >= 11 is 0. The summed E-state index contributed by atoms with van der Waals surface area (Å²) in [6.07, 6.45) is 0.928. The average molecular weight is 347 g/mol. The van der Waals surface area contributed by atoms with Crippen molar-refractivity contribution in [1.29, 1.82) is 0 Å². The smallest absolute Gasteiger partial charge is 0.410 e. The lowest BCUT2D eigenvalue weighted by molar-refractivity contribution is -0.0278. The summed E-state index contributed by atoms with van der Waals surface area (Å²) in [7, 11) is 2.16. The van der Waals surface area contributed by atoms with E-state index in [1.165, 1.54) is 0 Å². The van der Waals surface area contributed by atoms with Crippen molar-refractivity contribution in [1.82, 2.24) is 15.1 Å². The molecule has 2 saturated heterocycles. The Balaban J connectivity index is 1.40. The zero-order valence-electron chi connectivity index (χ0n) is 15.2. The van der Waals surface area contributed by atoms with Crippen LogP contribution in [0.1, 0.15) is 18.9 Å². The molecule has 3 atom stereocenters. The molecule has 0 spiro atoms. The number of carbonyl (C=O) groups excluding carboxylic acids is 1. The van der Waals surface area contributed by atoms with Crippen LogP contribution < -0.4 is 5.32 Å². The first-order valence-corrected chi connectivity index (χ1v) is 9.12. The highest BCUT2D eigenvalue weighted by atomic mass is 16.6. The zero-order valence-corrected chi connectivity index (χ0v) is 15.2. The van der Waals surface area contributed by atoms with E-state index in [9.17, 15) is 4.79 Å². The molecule has 2 aliphatic heterocycles. The van der Waals surface area contributed by atoms with E-state index in [1.807, 2.05) is 30.3 Å². The van der Waals surface area contributed by atoms with Crippen LogP contribution in [-0.4, -0.2) is 73.9 Å². The van der Waals surface area contributed by atoms with Gasteiger partial charge in [0.25, 0.3) is 0 Å². The van der Waals surface area contributed by atoms with Gasteiger partial charge in [-0.05, 0) is 26.0 Å². The van der Waals surface area contributed by atoms with Gasteiger partial charge in [-0.1, -0.05) is 30.3 Å². The van der Waals surface area contributed by atoms with Crippen LogP contribution in [0.15, 0.2) is 30.3 Å². The molecule has 0 saturated carbocycles. The van der Waals surface area contributed by atoms with Gasteiger partial charge >= 0.3 is 6.09 Å². The molecule has 2 heterocycles. The van der Waals surface area contributed by atoms with Crippen LogP contribution in [0.2, 0.25) is 0 Å². The molecule has 0 radical (unpaired) electrons. The predicted molar refractivity (Wildman–Crippen MR) is 96.4 cm³/mol. The number of likely N-dealkylation sites (N-methyl/N-ethyl adjacent to an activating group) is 1. The van der Waals surface area contributed by atoms with Crippen molar-refractivity contribution in [3.05, 3.63) is 35.9 Å². The summed E-state index contributed by atoms with van der Waals surface area (Å²) in [5.74, 6) is 0. The van der Waals surface area contributed by atoms with Gasteiger partial charge in [-0.2, -0.15) is 0 Å². The maximum absolute atomic E-state index is 12.3. The van der Waals surface area contributed by atoms with Gasteiger partial charge in [0, 0.05) is 31.7 Å². The standard InChI is InChI=1S/C19H29N3O3/c1-15-10-17(12-21(15)2)20-11-18-13-22(8-9-24-18)19(23)25-14-16-6-4-3-5-7-16/h3-7,15,17-18,20H,8-14H2,1-2H3. The molecule has 0 aliphatic carbocycles. The molecule has 1 N–H and O–H groups in total. The topological polar surface area (TPSA) is 54.0 Å². The highest BCUT2D eigenvalue weighted by molar-refractivity contribution is 5.67. The Hall–Kier alpha value is -1.63. The largest absolute Gasteiger partial charge is 0.445 e. The van der Waals surface area contributed by atoms with Gasteiger partial charge in [-0.15, -0.1) is 0 Å². The van der Waals surface area contributed by atoms with Crippen molar-refractivity contribution in [2.24, 2.45) is 0 Å². The lowest BCUT2D eigenvalue weighted by Crippen LogP contribution is -2.50.